The fraction of sp³-hybridized carbons (Fsp3) is 0.154. The molecule has 110 valence electrons. The molecule has 0 atom stereocenters. The largest absolute Gasteiger partial charge is 0.462 e. The number of hydrogen-bond acceptors (Lipinski definition) is 6. The van der Waals surface area contributed by atoms with Gasteiger partial charge in [-0.2, -0.15) is 0 Å². The Balaban J connectivity index is 2.22. The Morgan fingerprint density at radius 1 is 1.48 bits per heavy atom. The first kappa shape index (κ1) is 15.3. The minimum atomic E-state index is -0.491. The van der Waals surface area contributed by atoms with Crippen LogP contribution >= 0.6 is 22.9 Å². The molecule has 6 nitrogen and oxygen atoms in total. The molecule has 0 spiro atoms. The summed E-state index contributed by atoms with van der Waals surface area (Å²) in [5.41, 5.74) is 6.39. The molecule has 2 aromatic heterocycles. The number of halogens is 1. The summed E-state index contributed by atoms with van der Waals surface area (Å²) < 4.78 is 4.92. The van der Waals surface area contributed by atoms with Crippen LogP contribution in [0.15, 0.2) is 23.7 Å². The number of carbonyl (C=O) groups excluding carboxylic acids is 2. The fourth-order valence-electron chi connectivity index (χ4n) is 1.58. The summed E-state index contributed by atoms with van der Waals surface area (Å²) in [6, 6.07) is 2.95. The summed E-state index contributed by atoms with van der Waals surface area (Å²) in [4.78, 5) is 27.7. The van der Waals surface area contributed by atoms with E-state index in [9.17, 15) is 9.59 Å². The maximum Gasteiger partial charge on any atom is 0.341 e. The average molecular weight is 326 g/mol. The molecule has 0 aliphatic heterocycles. The Morgan fingerprint density at radius 2 is 2.24 bits per heavy atom. The summed E-state index contributed by atoms with van der Waals surface area (Å²) in [6.45, 7) is 1.97. The molecule has 0 bridgehead atoms. The van der Waals surface area contributed by atoms with Crippen LogP contribution in [0.5, 0.6) is 0 Å². The van der Waals surface area contributed by atoms with E-state index in [0.717, 1.165) is 0 Å². The van der Waals surface area contributed by atoms with E-state index in [1.807, 2.05) is 0 Å². The van der Waals surface area contributed by atoms with Gasteiger partial charge in [0.2, 0.25) is 0 Å². The Bertz CT molecular complexity index is 687. The van der Waals surface area contributed by atoms with Crippen LogP contribution in [0.3, 0.4) is 0 Å². The number of pyridine rings is 1. The van der Waals surface area contributed by atoms with E-state index in [0.29, 0.717) is 10.6 Å². The highest BCUT2D eigenvalue weighted by molar-refractivity contribution is 7.14. The standard InChI is InChI=1S/C13H12ClN3O3S/c1-2-20-13(19)7-3-4-21-12(7)17-11(18)8-5-10(14)16-6-9(8)15/h3-6H,2,15H2,1H3,(H,17,18). The Kier molecular flexibility index (Phi) is 4.77. The zero-order chi connectivity index (χ0) is 15.4. The second kappa shape index (κ2) is 6.55. The van der Waals surface area contributed by atoms with E-state index in [4.69, 9.17) is 22.1 Å². The van der Waals surface area contributed by atoms with Gasteiger partial charge in [-0.1, -0.05) is 11.6 Å². The van der Waals surface area contributed by atoms with Gasteiger partial charge in [-0.05, 0) is 24.4 Å². The van der Waals surface area contributed by atoms with Crippen molar-refractivity contribution in [2.75, 3.05) is 17.7 Å². The number of anilines is 2. The lowest BCUT2D eigenvalue weighted by molar-refractivity contribution is 0.0528. The van der Waals surface area contributed by atoms with E-state index < -0.39 is 11.9 Å². The summed E-state index contributed by atoms with van der Waals surface area (Å²) in [7, 11) is 0. The van der Waals surface area contributed by atoms with Gasteiger partial charge in [0.05, 0.1) is 29.6 Å². The number of carbonyl (C=O) groups is 2. The minimum absolute atomic E-state index is 0.158. The van der Waals surface area contributed by atoms with Crippen molar-refractivity contribution in [2.45, 2.75) is 6.92 Å². The lowest BCUT2D eigenvalue weighted by Crippen LogP contribution is -2.16. The molecule has 2 heterocycles. The van der Waals surface area contributed by atoms with Crippen molar-refractivity contribution < 1.29 is 14.3 Å². The van der Waals surface area contributed by atoms with E-state index in [1.165, 1.54) is 23.6 Å². The Hall–Kier alpha value is -2.12. The van der Waals surface area contributed by atoms with Crippen LogP contribution in [0.1, 0.15) is 27.6 Å². The SMILES string of the molecule is CCOC(=O)c1ccsc1NC(=O)c1cc(Cl)ncc1N. The highest BCUT2D eigenvalue weighted by atomic mass is 35.5. The van der Waals surface area contributed by atoms with E-state index in [1.54, 1.807) is 18.4 Å². The molecule has 0 saturated carbocycles. The first-order chi connectivity index (χ1) is 10.0. The first-order valence-corrected chi connectivity index (χ1v) is 7.25. The van der Waals surface area contributed by atoms with E-state index >= 15 is 0 Å². The summed E-state index contributed by atoms with van der Waals surface area (Å²) >= 11 is 6.96. The van der Waals surface area contributed by atoms with Crippen molar-refractivity contribution >= 4 is 45.5 Å². The number of hydrogen-bond donors (Lipinski definition) is 2. The molecule has 2 aromatic rings. The third kappa shape index (κ3) is 3.50. The maximum atomic E-state index is 12.2. The summed E-state index contributed by atoms with van der Waals surface area (Å²) in [5.74, 6) is -0.959. The van der Waals surface area contributed by atoms with Gasteiger partial charge in [0.1, 0.15) is 10.2 Å². The molecule has 0 aliphatic carbocycles. The molecule has 8 heteroatoms. The molecule has 0 unspecified atom stereocenters. The highest BCUT2D eigenvalue weighted by Gasteiger charge is 2.18. The lowest BCUT2D eigenvalue weighted by Gasteiger charge is -2.08. The number of nitrogen functional groups attached to an aromatic ring is 1. The third-order valence-corrected chi connectivity index (χ3v) is 3.57. The lowest BCUT2D eigenvalue weighted by atomic mass is 10.2. The van der Waals surface area contributed by atoms with Crippen LogP contribution in [0.2, 0.25) is 5.15 Å². The third-order valence-electron chi connectivity index (χ3n) is 2.53. The number of ether oxygens (including phenoxy) is 1. The van der Waals surface area contributed by atoms with E-state index in [-0.39, 0.29) is 23.0 Å². The highest BCUT2D eigenvalue weighted by Crippen LogP contribution is 2.25. The monoisotopic (exact) mass is 325 g/mol. The van der Waals surface area contributed by atoms with Gasteiger partial charge >= 0.3 is 5.97 Å². The minimum Gasteiger partial charge on any atom is -0.462 e. The summed E-state index contributed by atoms with van der Waals surface area (Å²) in [6.07, 6.45) is 1.30. The Labute approximate surface area is 129 Å². The molecule has 21 heavy (non-hydrogen) atoms. The average Bonchev–Trinajstić information content (AvgIpc) is 2.90. The van der Waals surface area contributed by atoms with E-state index in [2.05, 4.69) is 10.3 Å². The van der Waals surface area contributed by atoms with Crippen molar-refractivity contribution in [3.8, 4) is 0 Å². The van der Waals surface area contributed by atoms with Crippen molar-refractivity contribution in [2.24, 2.45) is 0 Å². The predicted molar refractivity (Wildman–Crippen MR) is 81.9 cm³/mol. The van der Waals surface area contributed by atoms with Crippen LogP contribution < -0.4 is 11.1 Å². The molecule has 0 saturated heterocycles. The second-order valence-corrected chi connectivity index (χ2v) is 5.24. The number of thiophene rings is 1. The molecule has 0 fully saturated rings. The number of rotatable bonds is 4. The van der Waals surface area contributed by atoms with Gasteiger partial charge in [0.15, 0.2) is 0 Å². The molecule has 0 aliphatic rings. The molecule has 0 aromatic carbocycles. The molecule has 1 amide bonds. The zero-order valence-electron chi connectivity index (χ0n) is 11.1. The fourth-order valence-corrected chi connectivity index (χ4v) is 2.51. The van der Waals surface area contributed by atoms with Crippen molar-refractivity contribution in [1.82, 2.24) is 4.98 Å². The molecular weight excluding hydrogens is 314 g/mol. The number of aromatic nitrogens is 1. The van der Waals surface area contributed by atoms with Gasteiger partial charge in [0, 0.05) is 0 Å². The van der Waals surface area contributed by atoms with Crippen LogP contribution in [-0.2, 0) is 4.74 Å². The van der Waals surface area contributed by atoms with Gasteiger partial charge in [-0.3, -0.25) is 4.79 Å². The van der Waals surface area contributed by atoms with Crippen molar-refractivity contribution in [3.63, 3.8) is 0 Å². The quantitative estimate of drug-likeness (QED) is 0.666. The maximum absolute atomic E-state index is 12.2. The van der Waals surface area contributed by atoms with Crippen LogP contribution in [0.25, 0.3) is 0 Å². The van der Waals surface area contributed by atoms with Crippen molar-refractivity contribution in [3.05, 3.63) is 40.0 Å². The van der Waals surface area contributed by atoms with Gasteiger partial charge in [0.25, 0.3) is 5.91 Å². The molecule has 0 radical (unpaired) electrons. The molecule has 2 rings (SSSR count). The normalized spacial score (nSPS) is 10.2. The topological polar surface area (TPSA) is 94.3 Å². The number of amides is 1. The number of nitrogens with two attached hydrogens (primary N) is 1. The van der Waals surface area contributed by atoms with Crippen LogP contribution in [0.4, 0.5) is 10.7 Å². The van der Waals surface area contributed by atoms with Crippen molar-refractivity contribution in [1.29, 1.82) is 0 Å². The number of nitrogens with one attached hydrogen (secondary N) is 1. The summed E-state index contributed by atoms with van der Waals surface area (Å²) in [5, 5.41) is 4.86. The van der Waals surface area contributed by atoms with Gasteiger partial charge in [-0.25, -0.2) is 9.78 Å². The van der Waals surface area contributed by atoms with Crippen LogP contribution in [0, 0.1) is 0 Å². The molecular formula is C13H12ClN3O3S. The molecule has 3 N–H and O–H groups in total. The Morgan fingerprint density at radius 3 is 2.95 bits per heavy atom. The number of nitrogens with zero attached hydrogens (tertiary/aromatic N) is 1. The second-order valence-electron chi connectivity index (χ2n) is 3.93. The van der Waals surface area contributed by atoms with Gasteiger partial charge in [-0.15, -0.1) is 11.3 Å². The van der Waals surface area contributed by atoms with Gasteiger partial charge < -0.3 is 15.8 Å². The van der Waals surface area contributed by atoms with Crippen LogP contribution in [-0.4, -0.2) is 23.5 Å². The number of esters is 1. The zero-order valence-corrected chi connectivity index (χ0v) is 12.6. The smallest absolute Gasteiger partial charge is 0.341 e. The first-order valence-electron chi connectivity index (χ1n) is 6.00. The predicted octanol–water partition coefficient (Wildman–Crippen LogP) is 2.81.